The molecule has 0 atom stereocenters. The topological polar surface area (TPSA) is 55.1 Å². The summed E-state index contributed by atoms with van der Waals surface area (Å²) in [6, 6.07) is 5.32. The van der Waals surface area contributed by atoms with Gasteiger partial charge in [-0.25, -0.2) is 9.78 Å². The highest BCUT2D eigenvalue weighted by Gasteiger charge is 2.16. The molecule has 0 saturated carbocycles. The number of hydrogen-bond acceptors (Lipinski definition) is 3. The van der Waals surface area contributed by atoms with E-state index in [9.17, 15) is 9.90 Å². The second-order valence-corrected chi connectivity index (χ2v) is 6.05. The maximum atomic E-state index is 11.4. The van der Waals surface area contributed by atoms with E-state index in [1.807, 2.05) is 17.8 Å². The SMILES string of the molecule is CCc1nc2cccc(C(=O)O)c2n1CCCCCSC. The first-order valence-electron chi connectivity index (χ1n) is 7.39. The summed E-state index contributed by atoms with van der Waals surface area (Å²) in [5.74, 6) is 1.28. The van der Waals surface area contributed by atoms with Gasteiger partial charge in [0.15, 0.2) is 0 Å². The van der Waals surface area contributed by atoms with Crippen LogP contribution in [0.3, 0.4) is 0 Å². The van der Waals surface area contributed by atoms with E-state index in [2.05, 4.69) is 22.7 Å². The number of aryl methyl sites for hydroxylation is 2. The molecule has 2 rings (SSSR count). The lowest BCUT2D eigenvalue weighted by Gasteiger charge is -2.09. The van der Waals surface area contributed by atoms with Crippen LogP contribution in [0.5, 0.6) is 0 Å². The first-order valence-corrected chi connectivity index (χ1v) is 8.78. The van der Waals surface area contributed by atoms with E-state index in [4.69, 9.17) is 0 Å². The number of carboxylic acids is 1. The Kier molecular flexibility index (Phi) is 5.67. The van der Waals surface area contributed by atoms with Crippen molar-refractivity contribution in [3.05, 3.63) is 29.6 Å². The van der Waals surface area contributed by atoms with Gasteiger partial charge in [-0.2, -0.15) is 11.8 Å². The lowest BCUT2D eigenvalue weighted by atomic mass is 10.1. The fourth-order valence-electron chi connectivity index (χ4n) is 2.61. The average Bonchev–Trinajstić information content (AvgIpc) is 2.84. The Balaban J connectivity index is 2.29. The predicted molar refractivity (Wildman–Crippen MR) is 88.3 cm³/mol. The first-order chi connectivity index (χ1) is 10.2. The number of nitrogens with zero attached hydrogens (tertiary/aromatic N) is 2. The number of rotatable bonds is 8. The Bertz CT molecular complexity index is 622. The minimum absolute atomic E-state index is 0.351. The fourth-order valence-corrected chi connectivity index (χ4v) is 3.10. The maximum Gasteiger partial charge on any atom is 0.337 e. The van der Waals surface area contributed by atoms with Crippen LogP contribution in [0.15, 0.2) is 18.2 Å². The van der Waals surface area contributed by atoms with Crippen molar-refractivity contribution >= 4 is 28.8 Å². The van der Waals surface area contributed by atoms with Gasteiger partial charge in [0.05, 0.1) is 16.6 Å². The number of unbranched alkanes of at least 4 members (excludes halogenated alkanes) is 2. The lowest BCUT2D eigenvalue weighted by molar-refractivity contribution is 0.0698. The average molecular weight is 306 g/mol. The number of thioether (sulfide) groups is 1. The van der Waals surface area contributed by atoms with Gasteiger partial charge in [-0.3, -0.25) is 0 Å². The molecule has 0 aliphatic heterocycles. The summed E-state index contributed by atoms with van der Waals surface area (Å²) in [7, 11) is 0. The molecule has 0 radical (unpaired) electrons. The van der Waals surface area contributed by atoms with E-state index in [1.165, 1.54) is 18.6 Å². The summed E-state index contributed by atoms with van der Waals surface area (Å²) in [5, 5.41) is 9.39. The maximum absolute atomic E-state index is 11.4. The highest BCUT2D eigenvalue weighted by Crippen LogP contribution is 2.22. The number of imidazole rings is 1. The molecule has 2 aromatic rings. The zero-order valence-corrected chi connectivity index (χ0v) is 13.4. The third kappa shape index (κ3) is 3.59. The number of para-hydroxylation sites is 1. The van der Waals surface area contributed by atoms with E-state index < -0.39 is 5.97 Å². The number of carboxylic acid groups (broad SMARTS) is 1. The second-order valence-electron chi connectivity index (χ2n) is 5.07. The molecule has 0 fully saturated rings. The van der Waals surface area contributed by atoms with Gasteiger partial charge in [-0.15, -0.1) is 0 Å². The zero-order chi connectivity index (χ0) is 15.2. The molecule has 0 aliphatic carbocycles. The van der Waals surface area contributed by atoms with Gasteiger partial charge in [0.1, 0.15) is 5.82 Å². The molecule has 114 valence electrons. The van der Waals surface area contributed by atoms with Gasteiger partial charge < -0.3 is 9.67 Å². The Morgan fingerprint density at radius 3 is 2.81 bits per heavy atom. The van der Waals surface area contributed by atoms with Crippen LogP contribution in [0.2, 0.25) is 0 Å². The molecule has 5 heteroatoms. The smallest absolute Gasteiger partial charge is 0.337 e. The van der Waals surface area contributed by atoms with Crippen LogP contribution in [0, 0.1) is 0 Å². The third-order valence-electron chi connectivity index (χ3n) is 3.62. The molecule has 1 aromatic heterocycles. The van der Waals surface area contributed by atoms with Crippen LogP contribution in [0.1, 0.15) is 42.4 Å². The monoisotopic (exact) mass is 306 g/mol. The van der Waals surface area contributed by atoms with Crippen molar-refractivity contribution in [2.75, 3.05) is 12.0 Å². The number of fused-ring (bicyclic) bond motifs is 1. The van der Waals surface area contributed by atoms with Crippen molar-refractivity contribution in [2.45, 2.75) is 39.2 Å². The normalized spacial score (nSPS) is 11.1. The summed E-state index contributed by atoms with van der Waals surface area (Å²) < 4.78 is 2.10. The van der Waals surface area contributed by atoms with Crippen LogP contribution < -0.4 is 0 Å². The Morgan fingerprint density at radius 1 is 1.33 bits per heavy atom. The molecule has 0 spiro atoms. The molecular formula is C16H22N2O2S. The molecule has 0 aliphatic rings. The van der Waals surface area contributed by atoms with Gasteiger partial charge in [0.2, 0.25) is 0 Å². The minimum atomic E-state index is -0.883. The van der Waals surface area contributed by atoms with E-state index in [1.54, 1.807) is 12.1 Å². The van der Waals surface area contributed by atoms with Crippen molar-refractivity contribution < 1.29 is 9.90 Å². The molecule has 1 N–H and O–H groups in total. The standard InChI is InChI=1S/C16H22N2O2S/c1-3-14-17-13-9-7-8-12(16(19)20)15(13)18(14)10-5-4-6-11-21-2/h7-9H,3-6,10-11H2,1-2H3,(H,19,20). The van der Waals surface area contributed by atoms with Gasteiger partial charge in [0, 0.05) is 13.0 Å². The van der Waals surface area contributed by atoms with Crippen molar-refractivity contribution in [3.63, 3.8) is 0 Å². The number of benzene rings is 1. The van der Waals surface area contributed by atoms with Gasteiger partial charge in [-0.1, -0.05) is 19.4 Å². The summed E-state index contributed by atoms with van der Waals surface area (Å²) in [4.78, 5) is 16.0. The van der Waals surface area contributed by atoms with E-state index in [-0.39, 0.29) is 0 Å². The number of hydrogen-bond donors (Lipinski definition) is 1. The van der Waals surface area contributed by atoms with Gasteiger partial charge in [0.25, 0.3) is 0 Å². The second kappa shape index (κ2) is 7.50. The highest BCUT2D eigenvalue weighted by atomic mass is 32.2. The Morgan fingerprint density at radius 2 is 2.14 bits per heavy atom. The molecule has 0 saturated heterocycles. The number of aromatic nitrogens is 2. The zero-order valence-electron chi connectivity index (χ0n) is 12.6. The van der Waals surface area contributed by atoms with E-state index >= 15 is 0 Å². The van der Waals surface area contributed by atoms with Gasteiger partial charge in [-0.05, 0) is 37.0 Å². The van der Waals surface area contributed by atoms with E-state index in [0.29, 0.717) is 5.56 Å². The Hall–Kier alpha value is -1.49. The van der Waals surface area contributed by atoms with Crippen LogP contribution in [-0.2, 0) is 13.0 Å². The molecule has 0 bridgehead atoms. The highest BCUT2D eigenvalue weighted by molar-refractivity contribution is 7.98. The molecule has 0 unspecified atom stereocenters. The molecular weight excluding hydrogens is 284 g/mol. The summed E-state index contributed by atoms with van der Waals surface area (Å²) in [5.41, 5.74) is 1.91. The Labute approximate surface area is 129 Å². The largest absolute Gasteiger partial charge is 0.478 e. The van der Waals surface area contributed by atoms with Gasteiger partial charge >= 0.3 is 5.97 Å². The lowest BCUT2D eigenvalue weighted by Crippen LogP contribution is -2.07. The van der Waals surface area contributed by atoms with Crippen molar-refractivity contribution in [1.82, 2.24) is 9.55 Å². The fraction of sp³-hybridized carbons (Fsp3) is 0.500. The van der Waals surface area contributed by atoms with Crippen LogP contribution in [0.4, 0.5) is 0 Å². The van der Waals surface area contributed by atoms with Crippen LogP contribution in [-0.4, -0.2) is 32.6 Å². The molecule has 0 amide bonds. The predicted octanol–water partition coefficient (Wildman–Crippen LogP) is 3.83. The minimum Gasteiger partial charge on any atom is -0.478 e. The first kappa shape index (κ1) is 15.9. The van der Waals surface area contributed by atoms with Crippen LogP contribution >= 0.6 is 11.8 Å². The van der Waals surface area contributed by atoms with Crippen molar-refractivity contribution in [3.8, 4) is 0 Å². The summed E-state index contributed by atoms with van der Waals surface area (Å²) in [6.07, 6.45) is 6.38. The summed E-state index contributed by atoms with van der Waals surface area (Å²) >= 11 is 1.87. The summed E-state index contributed by atoms with van der Waals surface area (Å²) in [6.45, 7) is 2.91. The molecule has 4 nitrogen and oxygen atoms in total. The van der Waals surface area contributed by atoms with Crippen molar-refractivity contribution in [1.29, 1.82) is 0 Å². The third-order valence-corrected chi connectivity index (χ3v) is 4.32. The number of aromatic carboxylic acids is 1. The number of carbonyl (C=O) groups is 1. The van der Waals surface area contributed by atoms with Crippen LogP contribution in [0.25, 0.3) is 11.0 Å². The molecule has 21 heavy (non-hydrogen) atoms. The molecule has 1 heterocycles. The van der Waals surface area contributed by atoms with Crippen molar-refractivity contribution in [2.24, 2.45) is 0 Å². The quantitative estimate of drug-likeness (QED) is 0.753. The molecule has 1 aromatic carbocycles. The van der Waals surface area contributed by atoms with E-state index in [0.717, 1.165) is 36.2 Å².